The van der Waals surface area contributed by atoms with Crippen LogP contribution in [0.5, 0.6) is 0 Å². The van der Waals surface area contributed by atoms with Crippen LogP contribution < -0.4 is 0 Å². The number of hydrogen-bond donors (Lipinski definition) is 0. The number of benzene rings is 2. The van der Waals surface area contributed by atoms with Gasteiger partial charge in [-0.1, -0.05) is 0 Å². The Morgan fingerprint density at radius 1 is 0.688 bits per heavy atom. The van der Waals surface area contributed by atoms with Gasteiger partial charge in [-0.2, -0.15) is 0 Å². The molecule has 0 atom stereocenters. The predicted molar refractivity (Wildman–Crippen MR) is 64.1 cm³/mol. The number of rotatable bonds is 1. The van der Waals surface area contributed by atoms with Gasteiger partial charge in [-0.05, 0) is 0 Å². The second-order valence-corrected chi connectivity index (χ2v) is 4.74. The van der Waals surface area contributed by atoms with E-state index in [1.54, 1.807) is 0 Å². The van der Waals surface area contributed by atoms with Crippen LogP contribution in [0.4, 0.5) is 0 Å². The van der Waals surface area contributed by atoms with Gasteiger partial charge in [0.2, 0.25) is 0 Å². The Kier molecular flexibility index (Phi) is 2.42. The zero-order valence-electron chi connectivity index (χ0n) is 8.63. The topological polar surface area (TPSA) is 0 Å². The van der Waals surface area contributed by atoms with Gasteiger partial charge >= 0.3 is 105 Å². The van der Waals surface area contributed by atoms with Gasteiger partial charge in [-0.3, -0.25) is 0 Å². The fourth-order valence-corrected chi connectivity index (χ4v) is 2.69. The van der Waals surface area contributed by atoms with Crippen LogP contribution >= 0.6 is 0 Å². The van der Waals surface area contributed by atoms with E-state index in [2.05, 4.69) is 78.5 Å². The Morgan fingerprint density at radius 3 is 2.06 bits per heavy atom. The summed E-state index contributed by atoms with van der Waals surface area (Å²) >= 11 is 2.71. The Labute approximate surface area is 105 Å². The van der Waals surface area contributed by atoms with E-state index >= 15 is 0 Å². The van der Waals surface area contributed by atoms with Crippen molar-refractivity contribution in [2.24, 2.45) is 0 Å². The van der Waals surface area contributed by atoms with Crippen molar-refractivity contribution in [3.05, 3.63) is 77.4 Å². The van der Waals surface area contributed by atoms with Gasteiger partial charge in [0.15, 0.2) is 0 Å². The molecular formula is C15H10Ru. The van der Waals surface area contributed by atoms with Gasteiger partial charge in [0, 0.05) is 0 Å². The van der Waals surface area contributed by atoms with Crippen molar-refractivity contribution < 1.29 is 17.9 Å². The van der Waals surface area contributed by atoms with E-state index in [0.29, 0.717) is 0 Å². The SMILES string of the molecule is [Ru]=[C]1C=C(c2ccccc2)c2ccccc21. The second-order valence-electron chi connectivity index (χ2n) is 3.80. The van der Waals surface area contributed by atoms with Crippen LogP contribution in [0.25, 0.3) is 5.57 Å². The molecule has 0 radical (unpaired) electrons. The first kappa shape index (κ1) is 9.87. The molecule has 2 aromatic carbocycles. The zero-order valence-corrected chi connectivity index (χ0v) is 10.4. The van der Waals surface area contributed by atoms with Crippen LogP contribution in [0, 0.1) is 0 Å². The summed E-state index contributed by atoms with van der Waals surface area (Å²) in [5.41, 5.74) is 5.28. The first-order valence-electron chi connectivity index (χ1n) is 5.24. The van der Waals surface area contributed by atoms with Crippen molar-refractivity contribution in [2.75, 3.05) is 0 Å². The van der Waals surface area contributed by atoms with E-state index in [0.717, 1.165) is 0 Å². The van der Waals surface area contributed by atoms with Crippen molar-refractivity contribution in [1.82, 2.24) is 0 Å². The average Bonchev–Trinajstić information content (AvgIpc) is 2.69. The van der Waals surface area contributed by atoms with Crippen molar-refractivity contribution in [3.63, 3.8) is 0 Å². The van der Waals surface area contributed by atoms with E-state index in [1.165, 1.54) is 26.4 Å². The van der Waals surface area contributed by atoms with E-state index in [1.807, 2.05) is 0 Å². The molecule has 2 aromatic rings. The second kappa shape index (κ2) is 3.92. The van der Waals surface area contributed by atoms with Gasteiger partial charge in [-0.15, -0.1) is 0 Å². The maximum atomic E-state index is 2.71. The fraction of sp³-hybridized carbons (Fsp3) is 0. The molecule has 78 valence electrons. The molecule has 0 spiro atoms. The van der Waals surface area contributed by atoms with E-state index in [4.69, 9.17) is 0 Å². The Bertz CT molecular complexity index is 579. The van der Waals surface area contributed by atoms with Crippen molar-refractivity contribution >= 4 is 9.68 Å². The molecular weight excluding hydrogens is 281 g/mol. The Morgan fingerprint density at radius 2 is 1.31 bits per heavy atom. The van der Waals surface area contributed by atoms with Gasteiger partial charge in [0.05, 0.1) is 0 Å². The molecule has 1 aliphatic carbocycles. The summed E-state index contributed by atoms with van der Waals surface area (Å²) in [6, 6.07) is 19.1. The number of fused-ring (bicyclic) bond motifs is 1. The normalized spacial score (nSPS) is 13.6. The fourth-order valence-electron chi connectivity index (χ4n) is 2.06. The molecule has 0 aromatic heterocycles. The first-order chi connectivity index (χ1) is 7.86. The third-order valence-corrected chi connectivity index (χ3v) is 3.54. The molecule has 0 saturated heterocycles. The molecule has 0 nitrogen and oxygen atoms in total. The molecule has 1 aliphatic rings. The number of hydrogen-bond acceptors (Lipinski definition) is 0. The molecule has 0 aliphatic heterocycles. The van der Waals surface area contributed by atoms with Crippen molar-refractivity contribution in [2.45, 2.75) is 0 Å². The maximum absolute atomic E-state index is 2.71. The molecule has 1 heteroatoms. The van der Waals surface area contributed by atoms with Gasteiger partial charge in [-0.25, -0.2) is 0 Å². The average molecular weight is 291 g/mol. The summed E-state index contributed by atoms with van der Waals surface area (Å²) in [6.45, 7) is 0. The van der Waals surface area contributed by atoms with Crippen LogP contribution in [0.1, 0.15) is 16.7 Å². The molecule has 0 amide bonds. The minimum atomic E-state index is 1.29. The molecule has 3 rings (SSSR count). The van der Waals surface area contributed by atoms with Crippen LogP contribution in [0.15, 0.2) is 60.7 Å². The van der Waals surface area contributed by atoms with Gasteiger partial charge in [0.25, 0.3) is 0 Å². The Balaban J connectivity index is 2.19. The van der Waals surface area contributed by atoms with Gasteiger partial charge < -0.3 is 0 Å². The molecule has 0 unspecified atom stereocenters. The molecule has 0 N–H and O–H groups in total. The summed E-state index contributed by atoms with van der Waals surface area (Å²) in [5, 5.41) is 0. The van der Waals surface area contributed by atoms with Crippen LogP contribution in [-0.4, -0.2) is 4.11 Å². The standard InChI is InChI=1S/C15H10.Ru/c1-2-6-12(7-3-1)15-11-10-13-8-4-5-9-14(13)15;/h1-9,11H;. The number of allylic oxidation sites excluding steroid dienone is 1. The van der Waals surface area contributed by atoms with Crippen LogP contribution in [-0.2, 0) is 17.9 Å². The summed E-state index contributed by atoms with van der Waals surface area (Å²) in [6.07, 6.45) is 2.25. The predicted octanol–water partition coefficient (Wildman–Crippen LogP) is 3.20. The van der Waals surface area contributed by atoms with E-state index in [9.17, 15) is 0 Å². The molecule has 0 bridgehead atoms. The minimum absolute atomic E-state index is 1.29. The summed E-state index contributed by atoms with van der Waals surface area (Å²) in [5.74, 6) is 0. The summed E-state index contributed by atoms with van der Waals surface area (Å²) in [4.78, 5) is 0. The quantitative estimate of drug-likeness (QED) is 0.708. The summed E-state index contributed by atoms with van der Waals surface area (Å²) < 4.78 is 1.29. The van der Waals surface area contributed by atoms with Crippen LogP contribution in [0.3, 0.4) is 0 Å². The van der Waals surface area contributed by atoms with Gasteiger partial charge in [0.1, 0.15) is 0 Å². The monoisotopic (exact) mass is 292 g/mol. The van der Waals surface area contributed by atoms with Crippen molar-refractivity contribution in [1.29, 1.82) is 0 Å². The summed E-state index contributed by atoms with van der Waals surface area (Å²) in [7, 11) is 0. The van der Waals surface area contributed by atoms with Crippen molar-refractivity contribution in [3.8, 4) is 0 Å². The molecule has 0 fully saturated rings. The molecule has 0 heterocycles. The molecule has 16 heavy (non-hydrogen) atoms. The van der Waals surface area contributed by atoms with E-state index in [-0.39, 0.29) is 0 Å². The van der Waals surface area contributed by atoms with Crippen LogP contribution in [0.2, 0.25) is 0 Å². The first-order valence-corrected chi connectivity index (χ1v) is 6.11. The third-order valence-electron chi connectivity index (χ3n) is 2.82. The third kappa shape index (κ3) is 1.52. The Hall–Kier alpha value is -1.33. The zero-order chi connectivity index (χ0) is 11.0. The van der Waals surface area contributed by atoms with E-state index < -0.39 is 0 Å². The molecule has 0 saturated carbocycles.